The SMILES string of the molecule is Cn1ccc(C(=O)N2C(=O)c3ccccc3C2F)n1. The number of fused-ring (bicyclic) bond motifs is 1. The van der Waals surface area contributed by atoms with Crippen LogP contribution in [0.15, 0.2) is 36.5 Å². The number of hydrogen-bond acceptors (Lipinski definition) is 3. The molecule has 1 atom stereocenters. The van der Waals surface area contributed by atoms with E-state index in [9.17, 15) is 14.0 Å². The average Bonchev–Trinajstić information content (AvgIpc) is 2.94. The first-order chi connectivity index (χ1) is 9.09. The van der Waals surface area contributed by atoms with E-state index in [1.807, 2.05) is 0 Å². The fraction of sp³-hybridized carbons (Fsp3) is 0.154. The van der Waals surface area contributed by atoms with E-state index in [4.69, 9.17) is 0 Å². The van der Waals surface area contributed by atoms with Gasteiger partial charge in [0.05, 0.1) is 0 Å². The highest BCUT2D eigenvalue weighted by Crippen LogP contribution is 2.35. The number of hydrogen-bond donors (Lipinski definition) is 0. The van der Waals surface area contributed by atoms with Crippen molar-refractivity contribution in [3.05, 3.63) is 53.3 Å². The second-order valence-corrected chi connectivity index (χ2v) is 4.28. The number of benzene rings is 1. The highest BCUT2D eigenvalue weighted by Gasteiger charge is 2.41. The lowest BCUT2D eigenvalue weighted by atomic mass is 10.1. The Morgan fingerprint density at radius 3 is 2.68 bits per heavy atom. The van der Waals surface area contributed by atoms with Crippen molar-refractivity contribution in [2.75, 3.05) is 0 Å². The third kappa shape index (κ3) is 1.64. The van der Waals surface area contributed by atoms with Crippen molar-refractivity contribution in [3.63, 3.8) is 0 Å². The van der Waals surface area contributed by atoms with E-state index in [1.54, 1.807) is 25.4 Å². The molecular weight excluding hydrogens is 249 g/mol. The Labute approximate surface area is 108 Å². The number of imide groups is 1. The summed E-state index contributed by atoms with van der Waals surface area (Å²) in [5, 5.41) is 3.89. The summed E-state index contributed by atoms with van der Waals surface area (Å²) in [6, 6.07) is 7.73. The number of carbonyl (C=O) groups excluding carboxylic acids is 2. The molecule has 1 aliphatic heterocycles. The Hall–Kier alpha value is -2.50. The molecule has 6 heteroatoms. The second-order valence-electron chi connectivity index (χ2n) is 4.28. The summed E-state index contributed by atoms with van der Waals surface area (Å²) >= 11 is 0. The van der Waals surface area contributed by atoms with Gasteiger partial charge in [0.15, 0.2) is 5.69 Å². The van der Waals surface area contributed by atoms with Crippen LogP contribution in [0.25, 0.3) is 0 Å². The highest BCUT2D eigenvalue weighted by atomic mass is 19.1. The first kappa shape index (κ1) is 11.6. The van der Waals surface area contributed by atoms with Crippen molar-refractivity contribution in [1.82, 2.24) is 14.7 Å². The van der Waals surface area contributed by atoms with Gasteiger partial charge >= 0.3 is 0 Å². The lowest BCUT2D eigenvalue weighted by Gasteiger charge is -2.15. The van der Waals surface area contributed by atoms with Crippen LogP contribution < -0.4 is 0 Å². The summed E-state index contributed by atoms with van der Waals surface area (Å²) in [6.45, 7) is 0. The van der Waals surface area contributed by atoms with Crippen LogP contribution in [0.2, 0.25) is 0 Å². The van der Waals surface area contributed by atoms with Gasteiger partial charge in [0.1, 0.15) is 0 Å². The zero-order valence-corrected chi connectivity index (χ0v) is 10.1. The zero-order valence-electron chi connectivity index (χ0n) is 10.1. The van der Waals surface area contributed by atoms with Gasteiger partial charge in [-0.05, 0) is 12.1 Å². The van der Waals surface area contributed by atoms with Crippen molar-refractivity contribution in [1.29, 1.82) is 0 Å². The fourth-order valence-corrected chi connectivity index (χ4v) is 2.12. The van der Waals surface area contributed by atoms with Gasteiger partial charge in [-0.3, -0.25) is 14.3 Å². The molecule has 1 aliphatic rings. The van der Waals surface area contributed by atoms with Crippen LogP contribution >= 0.6 is 0 Å². The van der Waals surface area contributed by atoms with Gasteiger partial charge < -0.3 is 0 Å². The average molecular weight is 259 g/mol. The first-order valence-corrected chi connectivity index (χ1v) is 5.70. The molecule has 0 saturated carbocycles. The summed E-state index contributed by atoms with van der Waals surface area (Å²) < 4.78 is 15.6. The van der Waals surface area contributed by atoms with Crippen LogP contribution in [-0.2, 0) is 7.05 Å². The number of carbonyl (C=O) groups is 2. The van der Waals surface area contributed by atoms with Crippen LogP contribution in [-0.4, -0.2) is 26.5 Å². The molecule has 5 nitrogen and oxygen atoms in total. The van der Waals surface area contributed by atoms with Crippen LogP contribution in [0, 0.1) is 0 Å². The minimum absolute atomic E-state index is 0.0475. The maximum atomic E-state index is 14.2. The number of halogens is 1. The summed E-state index contributed by atoms with van der Waals surface area (Å²) in [7, 11) is 1.64. The third-order valence-electron chi connectivity index (χ3n) is 3.04. The molecule has 96 valence electrons. The number of amides is 2. The van der Waals surface area contributed by atoms with Crippen LogP contribution in [0.4, 0.5) is 4.39 Å². The van der Waals surface area contributed by atoms with E-state index >= 15 is 0 Å². The molecule has 0 fully saturated rings. The topological polar surface area (TPSA) is 55.2 Å². The molecule has 0 saturated heterocycles. The maximum absolute atomic E-state index is 14.2. The minimum atomic E-state index is -1.75. The quantitative estimate of drug-likeness (QED) is 0.578. The maximum Gasteiger partial charge on any atom is 0.283 e. The number of aromatic nitrogens is 2. The van der Waals surface area contributed by atoms with Crippen molar-refractivity contribution < 1.29 is 14.0 Å². The predicted octanol–water partition coefficient (Wildman–Crippen LogP) is 1.68. The Balaban J connectivity index is 2.00. The normalized spacial score (nSPS) is 17.7. The van der Waals surface area contributed by atoms with Gasteiger partial charge in [0.25, 0.3) is 11.8 Å². The van der Waals surface area contributed by atoms with E-state index < -0.39 is 18.1 Å². The van der Waals surface area contributed by atoms with Crippen LogP contribution in [0.5, 0.6) is 0 Å². The molecule has 2 aromatic rings. The van der Waals surface area contributed by atoms with Gasteiger partial charge in [-0.2, -0.15) is 5.10 Å². The number of nitrogens with zero attached hydrogens (tertiary/aromatic N) is 3. The molecule has 0 aliphatic carbocycles. The van der Waals surface area contributed by atoms with Gasteiger partial charge in [-0.25, -0.2) is 9.29 Å². The van der Waals surface area contributed by atoms with E-state index in [-0.39, 0.29) is 16.8 Å². The summed E-state index contributed by atoms with van der Waals surface area (Å²) in [5.74, 6) is -1.35. The highest BCUT2D eigenvalue weighted by molar-refractivity contribution is 6.12. The molecule has 1 unspecified atom stereocenters. The number of aryl methyl sites for hydroxylation is 1. The zero-order chi connectivity index (χ0) is 13.6. The van der Waals surface area contributed by atoms with E-state index in [0.29, 0.717) is 4.90 Å². The van der Waals surface area contributed by atoms with Gasteiger partial charge in [-0.15, -0.1) is 0 Å². The molecular formula is C13H10FN3O2. The molecule has 0 spiro atoms. The molecule has 1 aromatic heterocycles. The Morgan fingerprint density at radius 1 is 1.32 bits per heavy atom. The van der Waals surface area contributed by atoms with E-state index in [1.165, 1.54) is 22.9 Å². The minimum Gasteiger partial charge on any atom is -0.275 e. The van der Waals surface area contributed by atoms with Gasteiger partial charge in [0, 0.05) is 24.4 Å². The summed E-state index contributed by atoms with van der Waals surface area (Å²) in [5.41, 5.74) is 0.488. The molecule has 19 heavy (non-hydrogen) atoms. The van der Waals surface area contributed by atoms with E-state index in [2.05, 4.69) is 5.10 Å². The molecule has 2 heterocycles. The molecule has 0 N–H and O–H groups in total. The fourth-order valence-electron chi connectivity index (χ4n) is 2.12. The van der Waals surface area contributed by atoms with Crippen LogP contribution in [0.1, 0.15) is 32.7 Å². The molecule has 3 rings (SSSR count). The van der Waals surface area contributed by atoms with Gasteiger partial charge in [-0.1, -0.05) is 18.2 Å². The van der Waals surface area contributed by atoms with Crippen molar-refractivity contribution in [3.8, 4) is 0 Å². The summed E-state index contributed by atoms with van der Waals surface area (Å²) in [6.07, 6.45) is -0.188. The molecule has 0 radical (unpaired) electrons. The van der Waals surface area contributed by atoms with Gasteiger partial charge in [0.2, 0.25) is 6.30 Å². The Kier molecular flexibility index (Phi) is 2.45. The lowest BCUT2D eigenvalue weighted by molar-refractivity contribution is 0.0429. The largest absolute Gasteiger partial charge is 0.283 e. The van der Waals surface area contributed by atoms with Crippen LogP contribution in [0.3, 0.4) is 0 Å². The molecule has 1 aromatic carbocycles. The predicted molar refractivity (Wildman–Crippen MR) is 64.0 cm³/mol. The monoisotopic (exact) mass is 259 g/mol. The summed E-state index contributed by atoms with van der Waals surface area (Å²) in [4.78, 5) is 24.8. The van der Waals surface area contributed by atoms with Crippen molar-refractivity contribution >= 4 is 11.8 Å². The Bertz CT molecular complexity index is 680. The molecule has 2 amide bonds. The van der Waals surface area contributed by atoms with Crippen molar-refractivity contribution in [2.24, 2.45) is 7.05 Å². The first-order valence-electron chi connectivity index (χ1n) is 5.70. The third-order valence-corrected chi connectivity index (χ3v) is 3.04. The van der Waals surface area contributed by atoms with E-state index in [0.717, 1.165) is 0 Å². The smallest absolute Gasteiger partial charge is 0.275 e. The number of rotatable bonds is 1. The number of alkyl halides is 1. The standard InChI is InChI=1S/C13H10FN3O2/c1-16-7-6-10(15-16)13(19)17-11(14)8-4-2-3-5-9(8)12(17)18/h2-7,11H,1H3. The Morgan fingerprint density at radius 2 is 2.05 bits per heavy atom. The van der Waals surface area contributed by atoms with Crippen molar-refractivity contribution in [2.45, 2.75) is 6.30 Å². The second kappa shape index (κ2) is 4.01. The molecule has 0 bridgehead atoms. The lowest BCUT2D eigenvalue weighted by Crippen LogP contribution is -2.33.